The van der Waals surface area contributed by atoms with E-state index in [2.05, 4.69) is 0 Å². The number of aryl methyl sites for hydroxylation is 1. The van der Waals surface area contributed by atoms with Crippen molar-refractivity contribution in [3.8, 4) is 5.75 Å². The van der Waals surface area contributed by atoms with Gasteiger partial charge in [-0.25, -0.2) is 0 Å². The minimum atomic E-state index is 0.0832. The fourth-order valence-electron chi connectivity index (χ4n) is 1.37. The molecule has 3 heteroatoms. The van der Waals surface area contributed by atoms with E-state index in [4.69, 9.17) is 16.3 Å². The monoisotopic (exact) mass is 226 g/mol. The number of hydrogen-bond acceptors (Lipinski definition) is 2. The molecule has 1 aromatic rings. The molecular weight excluding hydrogens is 212 g/mol. The van der Waals surface area contributed by atoms with Crippen molar-refractivity contribution in [3.63, 3.8) is 0 Å². The Morgan fingerprint density at radius 3 is 2.73 bits per heavy atom. The highest BCUT2D eigenvalue weighted by atomic mass is 35.5. The fraction of sp³-hybridized carbons (Fsp3) is 0.417. The van der Waals surface area contributed by atoms with Gasteiger partial charge >= 0.3 is 0 Å². The van der Waals surface area contributed by atoms with Gasteiger partial charge in [0, 0.05) is 11.4 Å². The smallest absolute Gasteiger partial charge is 0.160 e. The van der Waals surface area contributed by atoms with Gasteiger partial charge in [-0.2, -0.15) is 0 Å². The number of ether oxygens (including phenoxy) is 1. The van der Waals surface area contributed by atoms with Crippen LogP contribution in [0.4, 0.5) is 0 Å². The molecule has 0 spiro atoms. The summed E-state index contributed by atoms with van der Waals surface area (Å²) in [6.07, 6.45) is 0.828. The Morgan fingerprint density at radius 2 is 2.20 bits per heavy atom. The summed E-state index contributed by atoms with van der Waals surface area (Å²) >= 11 is 5.54. The van der Waals surface area contributed by atoms with Crippen molar-refractivity contribution in [3.05, 3.63) is 29.3 Å². The normalized spacial score (nSPS) is 10.1. The van der Waals surface area contributed by atoms with Crippen molar-refractivity contribution in [2.24, 2.45) is 0 Å². The zero-order valence-electron chi connectivity index (χ0n) is 9.05. The third-order valence-electron chi connectivity index (χ3n) is 2.12. The van der Waals surface area contributed by atoms with Gasteiger partial charge in [-0.05, 0) is 44.0 Å². The number of halogens is 1. The molecule has 0 atom stereocenters. The number of benzene rings is 1. The number of Topliss-reactive ketones (excluding diaryl/α,β-unsaturated/α-hetero) is 1. The first-order valence-corrected chi connectivity index (χ1v) is 5.49. The third kappa shape index (κ3) is 3.56. The summed E-state index contributed by atoms with van der Waals surface area (Å²) in [7, 11) is 0. The first-order valence-electron chi connectivity index (χ1n) is 4.95. The molecule has 0 aliphatic heterocycles. The Morgan fingerprint density at radius 1 is 1.47 bits per heavy atom. The predicted molar refractivity (Wildman–Crippen MR) is 62.0 cm³/mol. The number of ketones is 1. The lowest BCUT2D eigenvalue weighted by Crippen LogP contribution is -2.00. The molecule has 0 aliphatic carbocycles. The summed E-state index contributed by atoms with van der Waals surface area (Å²) in [5.74, 6) is 1.48. The summed E-state index contributed by atoms with van der Waals surface area (Å²) in [5.41, 5.74) is 1.70. The van der Waals surface area contributed by atoms with Gasteiger partial charge < -0.3 is 4.74 Å². The molecule has 82 valence electrons. The molecule has 1 rings (SSSR count). The molecule has 0 saturated carbocycles. The van der Waals surface area contributed by atoms with E-state index in [9.17, 15) is 4.79 Å². The van der Waals surface area contributed by atoms with Gasteiger partial charge in [-0.15, -0.1) is 11.6 Å². The molecule has 0 saturated heterocycles. The number of alkyl halides is 1. The Bertz CT molecular complexity index is 347. The number of rotatable bonds is 5. The van der Waals surface area contributed by atoms with Gasteiger partial charge in [-0.1, -0.05) is 0 Å². The standard InChI is InChI=1S/C12H15ClO2/c1-9-8-11(15-7-3-6-13)4-5-12(9)10(2)14/h4-5,8H,3,6-7H2,1-2H3. The van der Waals surface area contributed by atoms with Gasteiger partial charge in [0.2, 0.25) is 0 Å². The summed E-state index contributed by atoms with van der Waals surface area (Å²) in [5, 5.41) is 0. The topological polar surface area (TPSA) is 26.3 Å². The number of carbonyl (C=O) groups excluding carboxylic acids is 1. The van der Waals surface area contributed by atoms with E-state index in [0.29, 0.717) is 12.5 Å². The lowest BCUT2D eigenvalue weighted by molar-refractivity contribution is 0.101. The highest BCUT2D eigenvalue weighted by Gasteiger charge is 2.04. The number of carbonyl (C=O) groups is 1. The van der Waals surface area contributed by atoms with Crippen LogP contribution in [0.25, 0.3) is 0 Å². The van der Waals surface area contributed by atoms with Gasteiger partial charge in [0.15, 0.2) is 5.78 Å². The minimum absolute atomic E-state index is 0.0832. The average Bonchev–Trinajstić information content (AvgIpc) is 2.17. The van der Waals surface area contributed by atoms with Crippen LogP contribution >= 0.6 is 11.6 Å². The molecule has 0 unspecified atom stereocenters. The van der Waals surface area contributed by atoms with Crippen LogP contribution in [0.1, 0.15) is 29.3 Å². The number of hydrogen-bond donors (Lipinski definition) is 0. The molecule has 2 nitrogen and oxygen atoms in total. The molecule has 0 aliphatic rings. The first-order chi connectivity index (χ1) is 7.15. The van der Waals surface area contributed by atoms with Crippen LogP contribution in [-0.2, 0) is 0 Å². The van der Waals surface area contributed by atoms with E-state index in [-0.39, 0.29) is 5.78 Å². The lowest BCUT2D eigenvalue weighted by atomic mass is 10.1. The molecule has 0 amide bonds. The van der Waals surface area contributed by atoms with Crippen LogP contribution in [0, 0.1) is 6.92 Å². The molecule has 1 aromatic carbocycles. The molecule has 0 fully saturated rings. The summed E-state index contributed by atoms with van der Waals surface area (Å²) in [6, 6.07) is 5.50. The van der Waals surface area contributed by atoms with E-state index >= 15 is 0 Å². The van der Waals surface area contributed by atoms with Crippen molar-refractivity contribution >= 4 is 17.4 Å². The van der Waals surface area contributed by atoms with Crippen LogP contribution in [0.3, 0.4) is 0 Å². The van der Waals surface area contributed by atoms with E-state index in [1.807, 2.05) is 19.1 Å². The van der Waals surface area contributed by atoms with Gasteiger partial charge in [0.1, 0.15) is 5.75 Å². The maximum absolute atomic E-state index is 11.2. The molecule has 0 aromatic heterocycles. The second kappa shape index (κ2) is 5.76. The highest BCUT2D eigenvalue weighted by Crippen LogP contribution is 2.17. The quantitative estimate of drug-likeness (QED) is 0.438. The Balaban J connectivity index is 2.69. The van der Waals surface area contributed by atoms with Crippen molar-refractivity contribution < 1.29 is 9.53 Å². The average molecular weight is 227 g/mol. The predicted octanol–water partition coefficient (Wildman–Crippen LogP) is 3.21. The van der Waals surface area contributed by atoms with Crippen LogP contribution in [-0.4, -0.2) is 18.3 Å². The molecule has 15 heavy (non-hydrogen) atoms. The van der Waals surface area contributed by atoms with Crippen molar-refractivity contribution in [1.82, 2.24) is 0 Å². The molecule has 0 heterocycles. The molecule has 0 N–H and O–H groups in total. The highest BCUT2D eigenvalue weighted by molar-refractivity contribution is 6.17. The van der Waals surface area contributed by atoms with Gasteiger partial charge in [-0.3, -0.25) is 4.79 Å². The second-order valence-corrected chi connectivity index (χ2v) is 3.80. The van der Waals surface area contributed by atoms with Crippen molar-refractivity contribution in [1.29, 1.82) is 0 Å². The van der Waals surface area contributed by atoms with Crippen LogP contribution < -0.4 is 4.74 Å². The van der Waals surface area contributed by atoms with Crippen LogP contribution in [0.15, 0.2) is 18.2 Å². The minimum Gasteiger partial charge on any atom is -0.494 e. The Hall–Kier alpha value is -1.02. The van der Waals surface area contributed by atoms with Crippen molar-refractivity contribution in [2.45, 2.75) is 20.3 Å². The second-order valence-electron chi connectivity index (χ2n) is 3.42. The summed E-state index contributed by atoms with van der Waals surface area (Å²) in [4.78, 5) is 11.2. The SMILES string of the molecule is CC(=O)c1ccc(OCCCCl)cc1C. The Labute approximate surface area is 95.2 Å². The maximum Gasteiger partial charge on any atom is 0.160 e. The zero-order valence-corrected chi connectivity index (χ0v) is 9.80. The fourth-order valence-corrected chi connectivity index (χ4v) is 1.47. The molecule has 0 bridgehead atoms. The van der Waals surface area contributed by atoms with E-state index in [1.54, 1.807) is 13.0 Å². The lowest BCUT2D eigenvalue weighted by Gasteiger charge is -2.07. The largest absolute Gasteiger partial charge is 0.494 e. The van der Waals surface area contributed by atoms with Crippen molar-refractivity contribution in [2.75, 3.05) is 12.5 Å². The third-order valence-corrected chi connectivity index (χ3v) is 2.39. The van der Waals surface area contributed by atoms with E-state index < -0.39 is 0 Å². The van der Waals surface area contributed by atoms with E-state index in [1.165, 1.54) is 0 Å². The van der Waals surface area contributed by atoms with Gasteiger partial charge in [0.05, 0.1) is 6.61 Å². The van der Waals surface area contributed by atoms with Crippen LogP contribution in [0.2, 0.25) is 0 Å². The van der Waals surface area contributed by atoms with E-state index in [0.717, 1.165) is 23.3 Å². The summed E-state index contributed by atoms with van der Waals surface area (Å²) < 4.78 is 5.47. The Kier molecular flexibility index (Phi) is 4.63. The van der Waals surface area contributed by atoms with Crippen LogP contribution in [0.5, 0.6) is 5.75 Å². The molecular formula is C12H15ClO2. The zero-order chi connectivity index (χ0) is 11.3. The first kappa shape index (κ1) is 12.1. The molecule has 0 radical (unpaired) electrons. The summed E-state index contributed by atoms with van der Waals surface area (Å²) in [6.45, 7) is 4.09. The maximum atomic E-state index is 11.2. The van der Waals surface area contributed by atoms with Gasteiger partial charge in [0.25, 0.3) is 0 Å².